The fourth-order valence-electron chi connectivity index (χ4n) is 7.91. The van der Waals surface area contributed by atoms with Gasteiger partial charge in [-0.15, -0.1) is 24.8 Å². The van der Waals surface area contributed by atoms with E-state index >= 15 is 0 Å². The van der Waals surface area contributed by atoms with E-state index in [-0.39, 0.29) is 106 Å². The molecular weight excluding hydrogens is 1660 g/mol. The van der Waals surface area contributed by atoms with E-state index in [1.54, 1.807) is 0 Å². The summed E-state index contributed by atoms with van der Waals surface area (Å²) < 4.78 is 294. The monoisotopic (exact) mass is 1710 g/mol. The van der Waals surface area contributed by atoms with Gasteiger partial charge in [0.25, 0.3) is 40.5 Å². The third-order valence-electron chi connectivity index (χ3n) is 12.7. The summed E-state index contributed by atoms with van der Waals surface area (Å²) in [6.07, 6.45) is 0. The van der Waals surface area contributed by atoms with Crippen molar-refractivity contribution in [3.63, 3.8) is 0 Å². The molecule has 0 saturated carbocycles. The molecule has 2 heterocycles. The molecule has 0 aliphatic heterocycles. The zero-order valence-corrected chi connectivity index (χ0v) is 62.6. The maximum Gasteiger partial charge on any atom is 0.397 e. The van der Waals surface area contributed by atoms with Crippen LogP contribution in [0.15, 0.2) is 145 Å². The highest BCUT2D eigenvalue weighted by molar-refractivity contribution is 7.92. The Morgan fingerprint density at radius 3 is 1.09 bits per heavy atom. The zero-order chi connectivity index (χ0) is 80.7. The second-order valence-electron chi connectivity index (χ2n) is 20.3. The molecule has 0 radical (unpaired) electrons. The fraction of sp³-hybridized carbons (Fsp3) is 0.280. The van der Waals surface area contributed by atoms with Gasteiger partial charge in [0.05, 0.1) is 93.1 Å². The van der Waals surface area contributed by atoms with Gasteiger partial charge >= 0.3 is 31.2 Å². The van der Waals surface area contributed by atoms with Crippen molar-refractivity contribution >= 4 is 172 Å². The first-order valence-corrected chi connectivity index (χ1v) is 42.7. The molecule has 0 aliphatic rings. The van der Waals surface area contributed by atoms with Crippen LogP contribution in [-0.2, 0) is 117 Å². The van der Waals surface area contributed by atoms with Crippen LogP contribution in [0.1, 0.15) is 22.3 Å². The maximum atomic E-state index is 12.4. The second kappa shape index (κ2) is 38.9. The van der Waals surface area contributed by atoms with Crippen molar-refractivity contribution in [3.8, 4) is 12.1 Å². The normalized spacial score (nSPS) is 12.8. The van der Waals surface area contributed by atoms with E-state index in [9.17, 15) is 95.4 Å². The summed E-state index contributed by atoms with van der Waals surface area (Å²) in [4.78, 5) is 6.06. The molecule has 0 spiro atoms. The molecule has 588 valence electrons. The highest BCUT2D eigenvalue weighted by atomic mass is 32.3. The van der Waals surface area contributed by atoms with E-state index in [2.05, 4.69) is 94.1 Å². The number of nitrogens with zero attached hydrogens (tertiary/aromatic N) is 12. The smallest absolute Gasteiger partial charge is 0.368 e. The lowest BCUT2D eigenvalue weighted by molar-refractivity contribution is -0.434. The van der Waals surface area contributed by atoms with Gasteiger partial charge in [-0.1, -0.05) is 5.04 Å². The van der Waals surface area contributed by atoms with Gasteiger partial charge in [-0.05, 0) is 98.8 Å². The van der Waals surface area contributed by atoms with Crippen molar-refractivity contribution < 1.29 is 139 Å². The summed E-state index contributed by atoms with van der Waals surface area (Å²) in [5, 5.41) is 73.4. The number of pyridine rings is 2. The molecule has 0 bridgehead atoms. The summed E-state index contributed by atoms with van der Waals surface area (Å²) in [6, 6.07) is 19.2. The minimum absolute atomic E-state index is 0.00262. The van der Waals surface area contributed by atoms with Crippen LogP contribution in [0.5, 0.6) is 0 Å². The van der Waals surface area contributed by atoms with Gasteiger partial charge in [0.2, 0.25) is 0 Å². The first-order valence-electron chi connectivity index (χ1n) is 28.6. The number of hydrogen-bond acceptors (Lipinski definition) is 42. The van der Waals surface area contributed by atoms with Crippen molar-refractivity contribution in [1.29, 1.82) is 10.5 Å². The minimum Gasteiger partial charge on any atom is -0.368 e. The van der Waals surface area contributed by atoms with Gasteiger partial charge in [-0.3, -0.25) is 36.1 Å². The summed E-state index contributed by atoms with van der Waals surface area (Å²) in [7, 11) is -41.5. The van der Waals surface area contributed by atoms with Gasteiger partial charge in [-0.25, -0.2) is 44.6 Å². The molecule has 6 rings (SSSR count). The fourth-order valence-corrected chi connectivity index (χ4v) is 13.4. The largest absolute Gasteiger partial charge is 0.397 e. The summed E-state index contributed by atoms with van der Waals surface area (Å²) in [5.41, 5.74) is -1.50. The lowest BCUT2D eigenvalue weighted by Crippen LogP contribution is -2.23. The van der Waals surface area contributed by atoms with Crippen molar-refractivity contribution in [3.05, 3.63) is 107 Å². The van der Waals surface area contributed by atoms with Crippen molar-refractivity contribution in [1.82, 2.24) is 9.97 Å². The number of nitriles is 2. The third-order valence-corrected chi connectivity index (χ3v) is 21.2. The highest BCUT2D eigenvalue weighted by Gasteiger charge is 2.25. The Morgan fingerprint density at radius 1 is 0.407 bits per heavy atom. The van der Waals surface area contributed by atoms with Crippen LogP contribution < -0.4 is 21.3 Å². The molecule has 4 aromatic carbocycles. The van der Waals surface area contributed by atoms with E-state index in [1.807, 2.05) is 12.1 Å². The first kappa shape index (κ1) is 89.7. The molecule has 48 nitrogen and oxygen atoms in total. The Hall–Kier alpha value is -8.90. The Bertz CT molecular complexity index is 5580. The number of azo groups is 4. The molecule has 2 aromatic heterocycles. The number of sulfone groups is 2. The third kappa shape index (κ3) is 30.6. The SMILES string of the molecule is Cc1c(C#N)c(NCCOSOOO)nc(NCCS(=O)(=O)CCOS(=O)(=O)O)c1N=Nc1ccc(N=Nc2ccc(S(=O)(=O)O)cc2)cc1S(=O)(=O)O.Cc1c(C#N)c(NCCS(=O)(=O)CCOS(=O)(=O)O)nc(NCCOS(=O)(=O)O)c1N=Nc1ccc(N=Nc2ccc(S(=O)(=O)O)cc2)cc1S(=O)(=O)O. The van der Waals surface area contributed by atoms with E-state index in [4.69, 9.17) is 32.2 Å². The molecule has 0 unspecified atom stereocenters. The molecule has 108 heavy (non-hydrogen) atoms. The van der Waals surface area contributed by atoms with E-state index in [0.717, 1.165) is 48.5 Å². The van der Waals surface area contributed by atoms with Crippen LogP contribution in [0.2, 0.25) is 0 Å². The van der Waals surface area contributed by atoms with Crippen LogP contribution in [0, 0.1) is 36.5 Å². The van der Waals surface area contributed by atoms with Crippen LogP contribution in [-0.4, -0.2) is 198 Å². The molecule has 12 N–H and O–H groups in total. The van der Waals surface area contributed by atoms with Gasteiger partial charge in [0.1, 0.15) is 56.3 Å². The Balaban J connectivity index is 0.000000387. The van der Waals surface area contributed by atoms with Gasteiger partial charge in [-0.2, -0.15) is 89.9 Å². The van der Waals surface area contributed by atoms with Gasteiger partial charge in [0, 0.05) is 37.3 Å². The average Bonchev–Trinajstić information content (AvgIpc) is 0.802. The lowest BCUT2D eigenvalue weighted by atomic mass is 10.1. The molecule has 0 atom stereocenters. The predicted molar refractivity (Wildman–Crippen MR) is 371 cm³/mol. The minimum atomic E-state index is -5.01. The van der Waals surface area contributed by atoms with Crippen LogP contribution in [0.25, 0.3) is 0 Å². The lowest BCUT2D eigenvalue weighted by Gasteiger charge is -2.15. The summed E-state index contributed by atoms with van der Waals surface area (Å²) in [5.74, 6) is -3.53. The van der Waals surface area contributed by atoms with Crippen molar-refractivity contribution in [2.75, 3.05) is 96.9 Å². The van der Waals surface area contributed by atoms with Gasteiger partial charge in [0.15, 0.2) is 43.6 Å². The molecular formula is C50H56N16O32S10. The van der Waals surface area contributed by atoms with E-state index < -0.39 is 172 Å². The zero-order valence-electron chi connectivity index (χ0n) is 54.4. The molecule has 0 fully saturated rings. The molecule has 0 amide bonds. The number of nitrogens with one attached hydrogen (secondary N) is 4. The standard InChI is InChI=1S/2C25H28N8O16S5/c1-16-20(15-26)24(28-9-12-50(34,35)13-11-49-54(45,46)47)29-25(27-8-10-48-53(42,43)44)23(16)33-32-21-7-4-18(14-22(21)52(39,40)41)31-30-17-2-5-19(6-3-17)51(36,37)38;1-16-20(15-26)24(27-8-10-46-50-49-48-34)29-25(28-9-12-51(35,36)13-11-47-54(43,44)45)23(16)33-32-21-7-4-18(14-22(21)53(40,41)42)31-30-17-2-5-19(6-3-17)52(37,38)39/h2-7,14H,8-13H2,1H3,(H2,27,28,29)(H,36,37,38)(H,39,40,41)(H,42,43,44)(H,45,46,47);2-7,14,34H,8-13H2,1H3,(H2,27,28,29)(H,37,38,39)(H,40,41,42)(H,43,44,45). The molecule has 0 saturated heterocycles. The van der Waals surface area contributed by atoms with Crippen LogP contribution in [0.3, 0.4) is 0 Å². The summed E-state index contributed by atoms with van der Waals surface area (Å²) in [6.45, 7) is -0.845. The van der Waals surface area contributed by atoms with Crippen molar-refractivity contribution in [2.45, 2.75) is 33.4 Å². The van der Waals surface area contributed by atoms with Crippen molar-refractivity contribution in [2.24, 2.45) is 40.9 Å². The second-order valence-corrected chi connectivity index (χ2v) is 34.3. The van der Waals surface area contributed by atoms with Crippen LogP contribution >= 0.6 is 12.3 Å². The topological polar surface area (TPSA) is 745 Å². The first-order chi connectivity index (χ1) is 50.1. The molecule has 0 aliphatic carbocycles. The van der Waals surface area contributed by atoms with Crippen LogP contribution in [0.4, 0.5) is 68.8 Å². The van der Waals surface area contributed by atoms with E-state index in [0.29, 0.717) is 12.3 Å². The molecule has 58 heteroatoms. The number of aromatic nitrogens is 2. The maximum absolute atomic E-state index is 12.4. The number of benzene rings is 4. The number of hydrogen-bond donors (Lipinski definition) is 12. The van der Waals surface area contributed by atoms with Gasteiger partial charge < -0.3 is 21.3 Å². The number of rotatable bonds is 40. The Morgan fingerprint density at radius 2 is 0.741 bits per heavy atom. The highest BCUT2D eigenvalue weighted by Crippen LogP contribution is 2.39. The Labute approximate surface area is 618 Å². The van der Waals surface area contributed by atoms with E-state index in [1.165, 1.54) is 50.2 Å². The predicted octanol–water partition coefficient (Wildman–Crippen LogP) is 6.11. The Kier molecular flexibility index (Phi) is 32.4. The number of anilines is 4. The summed E-state index contributed by atoms with van der Waals surface area (Å²) >= 11 is 0.290. The molecule has 6 aromatic rings. The average molecular weight is 1710 g/mol. The quantitative estimate of drug-likeness (QED) is 0.00515.